The summed E-state index contributed by atoms with van der Waals surface area (Å²) < 4.78 is 14.7. The Labute approximate surface area is 133 Å². The van der Waals surface area contributed by atoms with Gasteiger partial charge >= 0.3 is 0 Å². The molecule has 0 radical (unpaired) electrons. The van der Waals surface area contributed by atoms with Crippen LogP contribution in [-0.2, 0) is 22.4 Å². The van der Waals surface area contributed by atoms with Gasteiger partial charge in [0.15, 0.2) is 5.79 Å². The topological polar surface area (TPSA) is 36.3 Å². The molecule has 4 nitrogen and oxygen atoms in total. The third kappa shape index (κ3) is 3.73. The molecular weight excluding hydrogens is 332 g/mol. The molecule has 0 bridgehead atoms. The van der Waals surface area contributed by atoms with Crippen LogP contribution in [0, 0.1) is 0 Å². The molecule has 5 heteroatoms. The highest BCUT2D eigenvalue weighted by Crippen LogP contribution is 2.23. The first-order valence-corrected chi connectivity index (χ1v) is 7.87. The first kappa shape index (κ1) is 14.8. The molecule has 1 aliphatic rings. The number of halogens is 1. The molecule has 112 valence electrons. The maximum Gasteiger partial charge on any atom is 0.163 e. The highest BCUT2D eigenvalue weighted by Gasteiger charge is 2.32. The van der Waals surface area contributed by atoms with E-state index in [0.717, 1.165) is 23.3 Å². The first-order chi connectivity index (χ1) is 10.0. The largest absolute Gasteiger partial charge is 0.348 e. The fraction of sp³-hybridized carbons (Fsp3) is 0.438. The molecule has 1 saturated heterocycles. The fourth-order valence-corrected chi connectivity index (χ4v) is 2.80. The Bertz CT molecular complexity index is 607. The predicted octanol–water partition coefficient (Wildman–Crippen LogP) is 3.39. The minimum absolute atomic E-state index is 0.0814. The van der Waals surface area contributed by atoms with Crippen LogP contribution in [0.2, 0.25) is 0 Å². The van der Waals surface area contributed by atoms with Crippen molar-refractivity contribution in [3.63, 3.8) is 0 Å². The molecule has 1 unspecified atom stereocenters. The van der Waals surface area contributed by atoms with E-state index in [1.54, 1.807) is 0 Å². The van der Waals surface area contributed by atoms with E-state index >= 15 is 0 Å². The molecule has 0 spiro atoms. The second kappa shape index (κ2) is 5.91. The fourth-order valence-electron chi connectivity index (χ4n) is 2.53. The lowest BCUT2D eigenvalue weighted by Gasteiger charge is -2.18. The molecule has 2 heterocycles. The van der Waals surface area contributed by atoms with Gasteiger partial charge in [0.25, 0.3) is 0 Å². The van der Waals surface area contributed by atoms with Crippen LogP contribution in [0.25, 0.3) is 0 Å². The molecule has 1 aromatic heterocycles. The number of benzene rings is 1. The van der Waals surface area contributed by atoms with Gasteiger partial charge in [-0.3, -0.25) is 0 Å². The van der Waals surface area contributed by atoms with E-state index in [-0.39, 0.29) is 6.10 Å². The van der Waals surface area contributed by atoms with Crippen molar-refractivity contribution in [2.24, 2.45) is 0 Å². The monoisotopic (exact) mass is 350 g/mol. The Balaban J connectivity index is 1.68. The molecule has 0 N–H and O–H groups in total. The number of hydrogen-bond acceptors (Lipinski definition) is 3. The van der Waals surface area contributed by atoms with Gasteiger partial charge in [-0.15, -0.1) is 0 Å². The summed E-state index contributed by atoms with van der Waals surface area (Å²) >= 11 is 3.46. The van der Waals surface area contributed by atoms with E-state index < -0.39 is 5.79 Å². The van der Waals surface area contributed by atoms with Gasteiger partial charge in [-0.1, -0.05) is 28.1 Å². The van der Waals surface area contributed by atoms with Crippen molar-refractivity contribution in [1.29, 1.82) is 0 Å². The van der Waals surface area contributed by atoms with Gasteiger partial charge in [0.2, 0.25) is 0 Å². The van der Waals surface area contributed by atoms with Crippen LogP contribution in [-0.4, -0.2) is 28.0 Å². The third-order valence-electron chi connectivity index (χ3n) is 3.54. The predicted molar refractivity (Wildman–Crippen MR) is 84.1 cm³/mol. The van der Waals surface area contributed by atoms with Crippen molar-refractivity contribution in [1.82, 2.24) is 9.55 Å². The molecule has 2 aromatic rings. The minimum Gasteiger partial charge on any atom is -0.348 e. The lowest BCUT2D eigenvalue weighted by molar-refractivity contribution is -0.139. The Hall–Kier alpha value is -1.17. The lowest BCUT2D eigenvalue weighted by atomic mass is 10.1. The molecule has 3 rings (SSSR count). The van der Waals surface area contributed by atoms with E-state index in [9.17, 15) is 0 Å². The zero-order valence-electron chi connectivity index (χ0n) is 12.3. The summed E-state index contributed by atoms with van der Waals surface area (Å²) in [6, 6.07) is 8.33. The zero-order chi connectivity index (χ0) is 14.9. The van der Waals surface area contributed by atoms with E-state index in [4.69, 9.17) is 9.47 Å². The van der Waals surface area contributed by atoms with Gasteiger partial charge in [-0.25, -0.2) is 4.98 Å². The maximum atomic E-state index is 5.87. The Kier molecular flexibility index (Phi) is 4.15. The van der Waals surface area contributed by atoms with Gasteiger partial charge < -0.3 is 14.0 Å². The summed E-state index contributed by atoms with van der Waals surface area (Å²) in [5, 5.41) is 0. The van der Waals surface area contributed by atoms with Gasteiger partial charge in [0.1, 0.15) is 11.9 Å². The first-order valence-electron chi connectivity index (χ1n) is 7.08. The van der Waals surface area contributed by atoms with Gasteiger partial charge in [0.05, 0.1) is 13.2 Å². The average molecular weight is 351 g/mol. The molecule has 21 heavy (non-hydrogen) atoms. The van der Waals surface area contributed by atoms with Crippen LogP contribution in [0.5, 0.6) is 0 Å². The maximum absolute atomic E-state index is 5.87. The second-order valence-corrected chi connectivity index (χ2v) is 6.67. The van der Waals surface area contributed by atoms with E-state index in [1.165, 1.54) is 5.56 Å². The van der Waals surface area contributed by atoms with Crippen molar-refractivity contribution in [3.05, 3.63) is 52.5 Å². The van der Waals surface area contributed by atoms with Crippen molar-refractivity contribution >= 4 is 15.9 Å². The molecule has 0 aliphatic carbocycles. The minimum atomic E-state index is -0.475. The standard InChI is InChI=1S/C16H19BrN2O2/c1-16(2)20-11-14(21-16)10-19-8-7-18-15(19)9-12-3-5-13(17)6-4-12/h3-8,14H,9-11H2,1-2H3. The van der Waals surface area contributed by atoms with Gasteiger partial charge in [-0.2, -0.15) is 0 Å². The van der Waals surface area contributed by atoms with E-state index in [1.807, 2.05) is 26.2 Å². The van der Waals surface area contributed by atoms with E-state index in [0.29, 0.717) is 6.61 Å². The summed E-state index contributed by atoms with van der Waals surface area (Å²) in [6.45, 7) is 5.30. The third-order valence-corrected chi connectivity index (χ3v) is 4.07. The number of rotatable bonds is 4. The summed E-state index contributed by atoms with van der Waals surface area (Å²) in [4.78, 5) is 4.47. The van der Waals surface area contributed by atoms with Gasteiger partial charge in [-0.05, 0) is 31.5 Å². The van der Waals surface area contributed by atoms with Crippen LogP contribution in [0.3, 0.4) is 0 Å². The van der Waals surface area contributed by atoms with E-state index in [2.05, 4.69) is 49.7 Å². The summed E-state index contributed by atoms with van der Waals surface area (Å²) in [7, 11) is 0. The molecule has 1 fully saturated rings. The summed E-state index contributed by atoms with van der Waals surface area (Å²) in [5.41, 5.74) is 1.24. The molecule has 1 aromatic carbocycles. The smallest absolute Gasteiger partial charge is 0.163 e. The highest BCUT2D eigenvalue weighted by molar-refractivity contribution is 9.10. The Morgan fingerprint density at radius 2 is 2.10 bits per heavy atom. The lowest BCUT2D eigenvalue weighted by Crippen LogP contribution is -2.24. The van der Waals surface area contributed by atoms with Crippen LogP contribution < -0.4 is 0 Å². The van der Waals surface area contributed by atoms with Crippen LogP contribution >= 0.6 is 15.9 Å². The molecule has 1 atom stereocenters. The molecule has 0 amide bonds. The van der Waals surface area contributed by atoms with Gasteiger partial charge in [0, 0.05) is 23.3 Å². The normalized spacial score (nSPS) is 20.8. The molecule has 0 saturated carbocycles. The average Bonchev–Trinajstić information content (AvgIpc) is 3.00. The zero-order valence-corrected chi connectivity index (χ0v) is 13.8. The van der Waals surface area contributed by atoms with Crippen LogP contribution in [0.4, 0.5) is 0 Å². The number of aromatic nitrogens is 2. The summed E-state index contributed by atoms with van der Waals surface area (Å²) in [6.07, 6.45) is 4.74. The Morgan fingerprint density at radius 1 is 1.33 bits per heavy atom. The SMILES string of the molecule is CC1(C)OCC(Cn2ccnc2Cc2ccc(Br)cc2)O1. The van der Waals surface area contributed by atoms with Crippen LogP contribution in [0.1, 0.15) is 25.2 Å². The quantitative estimate of drug-likeness (QED) is 0.847. The molecule has 1 aliphatic heterocycles. The summed E-state index contributed by atoms with van der Waals surface area (Å²) in [5.74, 6) is 0.572. The van der Waals surface area contributed by atoms with Crippen molar-refractivity contribution in [3.8, 4) is 0 Å². The van der Waals surface area contributed by atoms with Crippen molar-refractivity contribution in [2.75, 3.05) is 6.61 Å². The highest BCUT2D eigenvalue weighted by atomic mass is 79.9. The van der Waals surface area contributed by atoms with Crippen LogP contribution in [0.15, 0.2) is 41.1 Å². The number of imidazole rings is 1. The number of ether oxygens (including phenoxy) is 2. The molecular formula is C16H19BrN2O2. The second-order valence-electron chi connectivity index (χ2n) is 5.75. The number of hydrogen-bond donors (Lipinski definition) is 0. The van der Waals surface area contributed by atoms with Crippen molar-refractivity contribution in [2.45, 2.75) is 38.7 Å². The Morgan fingerprint density at radius 3 is 2.76 bits per heavy atom. The van der Waals surface area contributed by atoms with Crippen molar-refractivity contribution < 1.29 is 9.47 Å². The number of nitrogens with zero attached hydrogens (tertiary/aromatic N) is 2.